The van der Waals surface area contributed by atoms with Gasteiger partial charge in [-0.05, 0) is 42.9 Å². The van der Waals surface area contributed by atoms with E-state index in [1.807, 2.05) is 31.3 Å². The Balaban J connectivity index is 1.59. The SMILES string of the molecule is CN=C(NCCOCc1ccc(Cl)cc1)N(C)CCC1CCOCC1. The molecule has 2 rings (SSSR count). The zero-order valence-corrected chi connectivity index (χ0v) is 16.1. The van der Waals surface area contributed by atoms with Crippen LogP contribution in [0.4, 0.5) is 0 Å². The second kappa shape index (κ2) is 11.3. The smallest absolute Gasteiger partial charge is 0.193 e. The van der Waals surface area contributed by atoms with E-state index in [9.17, 15) is 0 Å². The van der Waals surface area contributed by atoms with Crippen LogP contribution in [-0.2, 0) is 16.1 Å². The molecule has 0 bridgehead atoms. The highest BCUT2D eigenvalue weighted by Gasteiger charge is 2.15. The predicted octanol–water partition coefficient (Wildman–Crippen LogP) is 3.18. The summed E-state index contributed by atoms with van der Waals surface area (Å²) in [5.41, 5.74) is 1.13. The van der Waals surface area contributed by atoms with Crippen LogP contribution in [0, 0.1) is 5.92 Å². The van der Waals surface area contributed by atoms with Crippen LogP contribution in [0.15, 0.2) is 29.3 Å². The Morgan fingerprint density at radius 2 is 2.04 bits per heavy atom. The molecular formula is C19H30ClN3O2. The van der Waals surface area contributed by atoms with Crippen molar-refractivity contribution >= 4 is 17.6 Å². The van der Waals surface area contributed by atoms with Gasteiger partial charge in [0.05, 0.1) is 13.2 Å². The van der Waals surface area contributed by atoms with E-state index in [4.69, 9.17) is 21.1 Å². The zero-order valence-electron chi connectivity index (χ0n) is 15.3. The lowest BCUT2D eigenvalue weighted by Gasteiger charge is -2.26. The van der Waals surface area contributed by atoms with Crippen LogP contribution >= 0.6 is 11.6 Å². The molecule has 0 aromatic heterocycles. The van der Waals surface area contributed by atoms with Gasteiger partial charge >= 0.3 is 0 Å². The van der Waals surface area contributed by atoms with Crippen LogP contribution in [0.25, 0.3) is 0 Å². The van der Waals surface area contributed by atoms with Gasteiger partial charge in [-0.15, -0.1) is 0 Å². The highest BCUT2D eigenvalue weighted by molar-refractivity contribution is 6.30. The Bertz CT molecular complexity index is 516. The molecule has 1 aromatic carbocycles. The first-order chi connectivity index (χ1) is 12.2. The molecule has 0 unspecified atom stereocenters. The molecule has 1 N–H and O–H groups in total. The number of hydrogen-bond acceptors (Lipinski definition) is 3. The van der Waals surface area contributed by atoms with Gasteiger partial charge in [0.1, 0.15) is 0 Å². The van der Waals surface area contributed by atoms with Gasteiger partial charge in [-0.1, -0.05) is 23.7 Å². The summed E-state index contributed by atoms with van der Waals surface area (Å²) in [4.78, 5) is 6.54. The molecule has 5 nitrogen and oxygen atoms in total. The molecule has 1 aliphatic heterocycles. The molecule has 25 heavy (non-hydrogen) atoms. The fraction of sp³-hybridized carbons (Fsp3) is 0.632. The topological polar surface area (TPSA) is 46.1 Å². The van der Waals surface area contributed by atoms with Crippen LogP contribution < -0.4 is 5.32 Å². The highest BCUT2D eigenvalue weighted by atomic mass is 35.5. The quantitative estimate of drug-likeness (QED) is 0.435. The first-order valence-electron chi connectivity index (χ1n) is 9.00. The summed E-state index contributed by atoms with van der Waals surface area (Å²) >= 11 is 5.88. The summed E-state index contributed by atoms with van der Waals surface area (Å²) in [5, 5.41) is 4.11. The Hall–Kier alpha value is -1.30. The van der Waals surface area contributed by atoms with Crippen molar-refractivity contribution in [3.63, 3.8) is 0 Å². The molecule has 6 heteroatoms. The fourth-order valence-electron chi connectivity index (χ4n) is 2.91. The minimum atomic E-state index is 0.594. The molecule has 140 valence electrons. The van der Waals surface area contributed by atoms with Crippen molar-refractivity contribution in [1.29, 1.82) is 0 Å². The summed E-state index contributed by atoms with van der Waals surface area (Å²) in [6.45, 7) is 4.79. The third-order valence-electron chi connectivity index (χ3n) is 4.50. The third-order valence-corrected chi connectivity index (χ3v) is 4.75. The lowest BCUT2D eigenvalue weighted by molar-refractivity contribution is 0.0625. The van der Waals surface area contributed by atoms with E-state index in [1.54, 1.807) is 0 Å². The number of nitrogens with one attached hydrogen (secondary N) is 1. The molecule has 1 heterocycles. The zero-order chi connectivity index (χ0) is 17.9. The normalized spacial score (nSPS) is 16.0. The van der Waals surface area contributed by atoms with Crippen LogP contribution in [0.1, 0.15) is 24.8 Å². The summed E-state index contributed by atoms with van der Waals surface area (Å²) in [6.07, 6.45) is 3.55. The van der Waals surface area contributed by atoms with Crippen LogP contribution in [0.5, 0.6) is 0 Å². The number of rotatable bonds is 8. The van der Waals surface area contributed by atoms with Crippen molar-refractivity contribution in [3.05, 3.63) is 34.9 Å². The molecule has 1 aromatic rings. The standard InChI is InChI=1S/C19H30ClN3O2/c1-21-19(23(2)11-7-16-8-12-24-13-9-16)22-10-14-25-15-17-3-5-18(20)6-4-17/h3-6,16H,7-15H2,1-2H3,(H,21,22). The monoisotopic (exact) mass is 367 g/mol. The summed E-state index contributed by atoms with van der Waals surface area (Å²) in [5.74, 6) is 1.69. The van der Waals surface area contributed by atoms with Gasteiger partial charge in [0, 0.05) is 45.4 Å². The minimum absolute atomic E-state index is 0.594. The van der Waals surface area contributed by atoms with E-state index in [0.29, 0.717) is 13.2 Å². The number of halogens is 1. The second-order valence-electron chi connectivity index (χ2n) is 6.42. The van der Waals surface area contributed by atoms with E-state index in [1.165, 1.54) is 19.3 Å². The van der Waals surface area contributed by atoms with E-state index in [2.05, 4.69) is 22.3 Å². The van der Waals surface area contributed by atoms with Crippen molar-refractivity contribution in [2.75, 3.05) is 47.0 Å². The van der Waals surface area contributed by atoms with Crippen molar-refractivity contribution in [2.45, 2.75) is 25.9 Å². The molecule has 1 fully saturated rings. The molecular weight excluding hydrogens is 338 g/mol. The maximum Gasteiger partial charge on any atom is 0.193 e. The first-order valence-corrected chi connectivity index (χ1v) is 9.38. The number of ether oxygens (including phenoxy) is 2. The van der Waals surface area contributed by atoms with E-state index >= 15 is 0 Å². The fourth-order valence-corrected chi connectivity index (χ4v) is 3.03. The molecule has 1 aliphatic rings. The number of hydrogen-bond donors (Lipinski definition) is 1. The van der Waals surface area contributed by atoms with Gasteiger partial charge in [-0.2, -0.15) is 0 Å². The molecule has 0 atom stereocenters. The maximum atomic E-state index is 5.88. The molecule has 0 saturated carbocycles. The lowest BCUT2D eigenvalue weighted by atomic mass is 9.96. The van der Waals surface area contributed by atoms with Crippen LogP contribution in [-0.4, -0.2) is 57.9 Å². The van der Waals surface area contributed by atoms with Gasteiger partial charge < -0.3 is 19.7 Å². The van der Waals surface area contributed by atoms with Crippen molar-refractivity contribution in [2.24, 2.45) is 10.9 Å². The molecule has 0 spiro atoms. The minimum Gasteiger partial charge on any atom is -0.381 e. The van der Waals surface area contributed by atoms with Gasteiger partial charge in [0.15, 0.2) is 5.96 Å². The molecule has 1 saturated heterocycles. The van der Waals surface area contributed by atoms with Gasteiger partial charge in [0.25, 0.3) is 0 Å². The second-order valence-corrected chi connectivity index (χ2v) is 6.86. The highest BCUT2D eigenvalue weighted by Crippen LogP contribution is 2.18. The van der Waals surface area contributed by atoms with Crippen molar-refractivity contribution < 1.29 is 9.47 Å². The first kappa shape index (κ1) is 20.0. The van der Waals surface area contributed by atoms with E-state index < -0.39 is 0 Å². The Kier molecular flexibility index (Phi) is 9.08. The number of guanidine groups is 1. The predicted molar refractivity (Wildman–Crippen MR) is 103 cm³/mol. The Morgan fingerprint density at radius 1 is 1.32 bits per heavy atom. The number of aliphatic imine (C=N–C) groups is 1. The lowest BCUT2D eigenvalue weighted by Crippen LogP contribution is -2.41. The van der Waals surface area contributed by atoms with Crippen molar-refractivity contribution in [3.8, 4) is 0 Å². The van der Waals surface area contributed by atoms with Crippen LogP contribution in [0.3, 0.4) is 0 Å². The van der Waals surface area contributed by atoms with Gasteiger partial charge in [-0.25, -0.2) is 0 Å². The molecule has 0 amide bonds. The maximum absolute atomic E-state index is 5.88. The summed E-state index contributed by atoms with van der Waals surface area (Å²) < 4.78 is 11.1. The Morgan fingerprint density at radius 3 is 2.72 bits per heavy atom. The van der Waals surface area contributed by atoms with Gasteiger partial charge in [0.2, 0.25) is 0 Å². The van der Waals surface area contributed by atoms with E-state index in [-0.39, 0.29) is 0 Å². The number of nitrogens with zero attached hydrogens (tertiary/aromatic N) is 2. The average molecular weight is 368 g/mol. The number of benzene rings is 1. The summed E-state index contributed by atoms with van der Waals surface area (Å²) in [7, 11) is 3.91. The van der Waals surface area contributed by atoms with Gasteiger partial charge in [-0.3, -0.25) is 4.99 Å². The molecule has 0 aliphatic carbocycles. The van der Waals surface area contributed by atoms with E-state index in [0.717, 1.165) is 48.8 Å². The Labute approximate surface area is 156 Å². The third kappa shape index (κ3) is 7.63. The average Bonchev–Trinajstić information content (AvgIpc) is 2.65. The van der Waals surface area contributed by atoms with Crippen molar-refractivity contribution in [1.82, 2.24) is 10.2 Å². The largest absolute Gasteiger partial charge is 0.381 e. The summed E-state index contributed by atoms with van der Waals surface area (Å²) in [6, 6.07) is 7.74. The molecule has 0 radical (unpaired) electrons. The van der Waals surface area contributed by atoms with Crippen LogP contribution in [0.2, 0.25) is 5.02 Å².